The summed E-state index contributed by atoms with van der Waals surface area (Å²) >= 11 is 16.1. The summed E-state index contributed by atoms with van der Waals surface area (Å²) in [5, 5.41) is 4.34. The molecule has 0 radical (unpaired) electrons. The van der Waals surface area contributed by atoms with Crippen molar-refractivity contribution in [3.8, 4) is 0 Å². The van der Waals surface area contributed by atoms with Crippen molar-refractivity contribution < 1.29 is 0 Å². The van der Waals surface area contributed by atoms with Gasteiger partial charge < -0.3 is 5.32 Å². The Morgan fingerprint density at radius 1 is 1.38 bits per heavy atom. The molecule has 1 aromatic rings. The summed E-state index contributed by atoms with van der Waals surface area (Å²) < 4.78 is 0. The van der Waals surface area contributed by atoms with Crippen LogP contribution in [0.3, 0.4) is 0 Å². The van der Waals surface area contributed by atoms with Crippen LogP contribution >= 0.6 is 35.4 Å². The lowest BCUT2D eigenvalue weighted by Gasteiger charge is -1.94. The molecule has 0 bridgehead atoms. The minimum atomic E-state index is 0.733. The average Bonchev–Trinajstić information content (AvgIpc) is 2.22. The van der Waals surface area contributed by atoms with E-state index in [9.17, 15) is 0 Å². The van der Waals surface area contributed by atoms with Crippen molar-refractivity contribution >= 4 is 40.4 Å². The molecule has 0 saturated heterocycles. The zero-order chi connectivity index (χ0) is 12.6. The molecule has 1 N–H and O–H groups in total. The lowest BCUT2D eigenvalue weighted by atomic mass is 10.2. The Bertz CT molecular complexity index is 375. The van der Waals surface area contributed by atoms with E-state index in [0.717, 1.165) is 20.6 Å². The number of thiocarbonyl (C=S) groups is 1. The molecule has 0 unspecified atom stereocenters. The standard InChI is InChI=1S/C7H6Cl2.C5H9NS/c1-5-4-6(8)2-3-7(5)9;1-3-4-6-5(2)7/h2-4H,1H3;3-4H,1-2H3,(H,6,7)/b;4-3-. The van der Waals surface area contributed by atoms with Crippen molar-refractivity contribution in [3.63, 3.8) is 0 Å². The molecule has 0 aliphatic rings. The van der Waals surface area contributed by atoms with Crippen LogP contribution in [-0.4, -0.2) is 4.99 Å². The van der Waals surface area contributed by atoms with Crippen LogP contribution in [0, 0.1) is 6.92 Å². The Labute approximate surface area is 112 Å². The highest BCUT2D eigenvalue weighted by molar-refractivity contribution is 7.80. The fraction of sp³-hybridized carbons (Fsp3) is 0.250. The maximum absolute atomic E-state index is 5.72. The molecule has 1 rings (SSSR count). The van der Waals surface area contributed by atoms with Crippen molar-refractivity contribution in [1.82, 2.24) is 5.32 Å². The summed E-state index contributed by atoms with van der Waals surface area (Å²) in [6, 6.07) is 5.40. The number of allylic oxidation sites excluding steroid dienone is 1. The van der Waals surface area contributed by atoms with Crippen LogP contribution in [0.5, 0.6) is 0 Å². The molecule has 0 aliphatic heterocycles. The highest BCUT2D eigenvalue weighted by Crippen LogP contribution is 2.18. The lowest BCUT2D eigenvalue weighted by Crippen LogP contribution is -2.08. The molecule has 0 atom stereocenters. The number of halogens is 2. The molecule has 1 nitrogen and oxygen atoms in total. The van der Waals surface area contributed by atoms with E-state index in [4.69, 9.17) is 35.4 Å². The van der Waals surface area contributed by atoms with Gasteiger partial charge in [0, 0.05) is 10.0 Å². The van der Waals surface area contributed by atoms with E-state index in [-0.39, 0.29) is 0 Å². The van der Waals surface area contributed by atoms with E-state index in [1.54, 1.807) is 12.1 Å². The van der Waals surface area contributed by atoms with Gasteiger partial charge in [0.05, 0.1) is 4.99 Å². The summed E-state index contributed by atoms with van der Waals surface area (Å²) in [6.45, 7) is 5.70. The first kappa shape index (κ1) is 15.4. The first-order valence-electron chi connectivity index (χ1n) is 4.77. The predicted octanol–water partition coefficient (Wildman–Crippen LogP) is 4.76. The van der Waals surface area contributed by atoms with E-state index < -0.39 is 0 Å². The molecule has 88 valence electrons. The van der Waals surface area contributed by atoms with Crippen molar-refractivity contribution in [2.24, 2.45) is 0 Å². The third-order valence-corrected chi connectivity index (χ3v) is 2.35. The van der Waals surface area contributed by atoms with Gasteiger partial charge >= 0.3 is 0 Å². The molecule has 16 heavy (non-hydrogen) atoms. The highest BCUT2D eigenvalue weighted by Gasteiger charge is 1.92. The van der Waals surface area contributed by atoms with Crippen LogP contribution in [0.2, 0.25) is 10.0 Å². The summed E-state index contributed by atoms with van der Waals surface area (Å²) in [5.41, 5.74) is 1.02. The van der Waals surface area contributed by atoms with Gasteiger partial charge in [0.2, 0.25) is 0 Å². The minimum absolute atomic E-state index is 0.733. The second kappa shape index (κ2) is 8.57. The molecule has 1 aromatic carbocycles. The van der Waals surface area contributed by atoms with E-state index in [1.807, 2.05) is 39.1 Å². The van der Waals surface area contributed by atoms with Crippen molar-refractivity contribution in [1.29, 1.82) is 0 Å². The Morgan fingerprint density at radius 3 is 2.31 bits per heavy atom. The van der Waals surface area contributed by atoms with Crippen molar-refractivity contribution in [3.05, 3.63) is 46.1 Å². The molecule has 0 spiro atoms. The zero-order valence-corrected chi connectivity index (χ0v) is 11.9. The smallest absolute Gasteiger partial charge is 0.0761 e. The molecule has 0 aliphatic carbocycles. The van der Waals surface area contributed by atoms with E-state index in [1.165, 1.54) is 0 Å². The van der Waals surface area contributed by atoms with Crippen LogP contribution in [0.15, 0.2) is 30.5 Å². The number of benzene rings is 1. The second-order valence-electron chi connectivity index (χ2n) is 3.09. The number of hydrogen-bond donors (Lipinski definition) is 1. The van der Waals surface area contributed by atoms with Gasteiger partial charge in [0.1, 0.15) is 0 Å². The highest BCUT2D eigenvalue weighted by atomic mass is 35.5. The van der Waals surface area contributed by atoms with Gasteiger partial charge in [-0.1, -0.05) is 41.5 Å². The minimum Gasteiger partial charge on any atom is -0.357 e. The van der Waals surface area contributed by atoms with Crippen molar-refractivity contribution in [2.75, 3.05) is 0 Å². The first-order chi connectivity index (χ1) is 7.47. The van der Waals surface area contributed by atoms with Gasteiger partial charge in [-0.2, -0.15) is 0 Å². The summed E-state index contributed by atoms with van der Waals surface area (Å²) in [4.78, 5) is 0.804. The number of aryl methyl sites for hydroxylation is 1. The lowest BCUT2D eigenvalue weighted by molar-refractivity contribution is 1.29. The Kier molecular flexibility index (Phi) is 8.26. The SMILES string of the molecule is C/C=C\NC(C)=S.Cc1cc(Cl)ccc1Cl. The maximum Gasteiger partial charge on any atom is 0.0761 e. The van der Waals surface area contributed by atoms with Gasteiger partial charge in [0.25, 0.3) is 0 Å². The maximum atomic E-state index is 5.72. The number of rotatable bonds is 1. The molecular weight excluding hydrogens is 261 g/mol. The van der Waals surface area contributed by atoms with Crippen LogP contribution < -0.4 is 5.32 Å². The molecular formula is C12H15Cl2NS. The quantitative estimate of drug-likeness (QED) is 0.742. The second-order valence-corrected chi connectivity index (χ2v) is 4.55. The summed E-state index contributed by atoms with van der Waals surface area (Å²) in [6.07, 6.45) is 3.71. The third kappa shape index (κ3) is 7.69. The van der Waals surface area contributed by atoms with Crippen LogP contribution in [0.4, 0.5) is 0 Å². The Morgan fingerprint density at radius 2 is 2.00 bits per heavy atom. The van der Waals surface area contributed by atoms with Gasteiger partial charge in [-0.05, 0) is 50.7 Å². The Balaban J connectivity index is 0.000000293. The predicted molar refractivity (Wildman–Crippen MR) is 77.4 cm³/mol. The fourth-order valence-electron chi connectivity index (χ4n) is 0.809. The average molecular weight is 276 g/mol. The van der Waals surface area contributed by atoms with E-state index >= 15 is 0 Å². The van der Waals surface area contributed by atoms with Crippen molar-refractivity contribution in [2.45, 2.75) is 20.8 Å². The Hall–Kier alpha value is -0.570. The number of nitrogens with one attached hydrogen (secondary N) is 1. The first-order valence-corrected chi connectivity index (χ1v) is 5.93. The number of hydrogen-bond acceptors (Lipinski definition) is 1. The molecule has 0 amide bonds. The molecule has 0 aromatic heterocycles. The normalized spacial score (nSPS) is 9.56. The van der Waals surface area contributed by atoms with Gasteiger partial charge in [-0.3, -0.25) is 0 Å². The van der Waals surface area contributed by atoms with Crippen LogP contribution in [0.25, 0.3) is 0 Å². The fourth-order valence-corrected chi connectivity index (χ4v) is 1.22. The topological polar surface area (TPSA) is 12.0 Å². The summed E-state index contributed by atoms with van der Waals surface area (Å²) in [5.74, 6) is 0. The molecule has 0 heterocycles. The van der Waals surface area contributed by atoms with E-state index in [0.29, 0.717) is 0 Å². The van der Waals surface area contributed by atoms with Crippen LogP contribution in [0.1, 0.15) is 19.4 Å². The molecule has 0 saturated carbocycles. The summed E-state index contributed by atoms with van der Waals surface area (Å²) in [7, 11) is 0. The van der Waals surface area contributed by atoms with Gasteiger partial charge in [-0.15, -0.1) is 0 Å². The van der Waals surface area contributed by atoms with Gasteiger partial charge in [0.15, 0.2) is 0 Å². The largest absolute Gasteiger partial charge is 0.357 e. The van der Waals surface area contributed by atoms with E-state index in [2.05, 4.69) is 5.32 Å². The molecule has 4 heteroatoms. The van der Waals surface area contributed by atoms with Crippen LogP contribution in [-0.2, 0) is 0 Å². The zero-order valence-electron chi connectivity index (χ0n) is 9.55. The molecule has 0 fully saturated rings. The van der Waals surface area contributed by atoms with Gasteiger partial charge in [-0.25, -0.2) is 0 Å². The monoisotopic (exact) mass is 275 g/mol. The third-order valence-electron chi connectivity index (χ3n) is 1.57.